The first-order valence-corrected chi connectivity index (χ1v) is 5.01. The van der Waals surface area contributed by atoms with Crippen molar-refractivity contribution in [1.29, 1.82) is 0 Å². The van der Waals surface area contributed by atoms with Crippen molar-refractivity contribution in [2.24, 2.45) is 7.05 Å². The molecule has 0 aliphatic heterocycles. The second-order valence-electron chi connectivity index (χ2n) is 2.65. The minimum atomic E-state index is 0.614. The number of thiazole rings is 1. The van der Waals surface area contributed by atoms with Crippen LogP contribution in [0.25, 0.3) is 10.7 Å². The van der Waals surface area contributed by atoms with Crippen LogP contribution >= 0.6 is 24.0 Å². The van der Waals surface area contributed by atoms with Gasteiger partial charge in [0.05, 0.1) is 16.1 Å². The van der Waals surface area contributed by atoms with Crippen LogP contribution in [0.1, 0.15) is 5.69 Å². The van der Waals surface area contributed by atoms with Crippen molar-refractivity contribution in [1.82, 2.24) is 19.7 Å². The Morgan fingerprint density at radius 2 is 2.23 bits per heavy atom. The first kappa shape index (κ1) is 8.71. The second kappa shape index (κ2) is 3.12. The molecule has 0 bridgehead atoms. The van der Waals surface area contributed by atoms with Gasteiger partial charge in [-0.1, -0.05) is 0 Å². The van der Waals surface area contributed by atoms with E-state index in [1.165, 1.54) is 0 Å². The SMILES string of the molecule is Cc1ncsc1-c1nnc(S)n1C. The summed E-state index contributed by atoms with van der Waals surface area (Å²) in [6.07, 6.45) is 0. The van der Waals surface area contributed by atoms with Gasteiger partial charge in [0.2, 0.25) is 0 Å². The van der Waals surface area contributed by atoms with Gasteiger partial charge in [-0.2, -0.15) is 0 Å². The highest BCUT2D eigenvalue weighted by molar-refractivity contribution is 7.80. The Morgan fingerprint density at radius 1 is 1.46 bits per heavy atom. The van der Waals surface area contributed by atoms with E-state index in [0.717, 1.165) is 16.4 Å². The molecule has 2 aromatic heterocycles. The van der Waals surface area contributed by atoms with Gasteiger partial charge in [0.15, 0.2) is 11.0 Å². The molecular formula is C7H8N4S2. The zero-order valence-electron chi connectivity index (χ0n) is 7.22. The van der Waals surface area contributed by atoms with E-state index in [1.54, 1.807) is 16.8 Å². The van der Waals surface area contributed by atoms with Crippen LogP contribution in [-0.2, 0) is 7.05 Å². The van der Waals surface area contributed by atoms with Gasteiger partial charge >= 0.3 is 0 Å². The molecule has 0 aliphatic carbocycles. The van der Waals surface area contributed by atoms with Crippen molar-refractivity contribution in [2.75, 3.05) is 0 Å². The van der Waals surface area contributed by atoms with Gasteiger partial charge in [-0.05, 0) is 6.92 Å². The largest absolute Gasteiger partial charge is 0.305 e. The minimum absolute atomic E-state index is 0.614. The van der Waals surface area contributed by atoms with Crippen LogP contribution < -0.4 is 0 Å². The molecule has 0 atom stereocenters. The monoisotopic (exact) mass is 212 g/mol. The van der Waals surface area contributed by atoms with E-state index in [1.807, 2.05) is 18.5 Å². The highest BCUT2D eigenvalue weighted by Gasteiger charge is 2.12. The number of hydrogen-bond donors (Lipinski definition) is 1. The molecule has 0 aromatic carbocycles. The summed E-state index contributed by atoms with van der Waals surface area (Å²) in [5.41, 5.74) is 2.78. The molecule has 0 N–H and O–H groups in total. The molecule has 2 heterocycles. The van der Waals surface area contributed by atoms with E-state index in [9.17, 15) is 0 Å². The maximum absolute atomic E-state index is 4.16. The Labute approximate surface area is 85.1 Å². The third-order valence-corrected chi connectivity index (χ3v) is 3.11. The summed E-state index contributed by atoms with van der Waals surface area (Å²) in [5.74, 6) is 0.824. The van der Waals surface area contributed by atoms with Crippen molar-refractivity contribution >= 4 is 24.0 Å². The minimum Gasteiger partial charge on any atom is -0.305 e. The molecule has 0 radical (unpaired) electrons. The van der Waals surface area contributed by atoms with Crippen LogP contribution in [0.3, 0.4) is 0 Å². The molecule has 0 aliphatic rings. The number of hydrogen-bond acceptors (Lipinski definition) is 5. The number of aryl methyl sites for hydroxylation is 1. The number of rotatable bonds is 1. The van der Waals surface area contributed by atoms with Gasteiger partial charge in [-0.3, -0.25) is 0 Å². The molecule has 0 amide bonds. The summed E-state index contributed by atoms with van der Waals surface area (Å²) in [6, 6.07) is 0. The van der Waals surface area contributed by atoms with Crippen LogP contribution in [0.5, 0.6) is 0 Å². The van der Waals surface area contributed by atoms with Crippen LogP contribution in [0, 0.1) is 6.92 Å². The summed E-state index contributed by atoms with van der Waals surface area (Å²) in [6.45, 7) is 1.96. The lowest BCUT2D eigenvalue weighted by molar-refractivity contribution is 0.798. The van der Waals surface area contributed by atoms with E-state index >= 15 is 0 Å². The first-order chi connectivity index (χ1) is 6.20. The summed E-state index contributed by atoms with van der Waals surface area (Å²) in [7, 11) is 1.89. The van der Waals surface area contributed by atoms with Crippen LogP contribution in [0.2, 0.25) is 0 Å². The zero-order chi connectivity index (χ0) is 9.42. The fourth-order valence-electron chi connectivity index (χ4n) is 1.04. The Balaban J connectivity index is 2.59. The predicted molar refractivity (Wildman–Crippen MR) is 54.1 cm³/mol. The normalized spacial score (nSPS) is 10.7. The second-order valence-corrected chi connectivity index (χ2v) is 3.90. The van der Waals surface area contributed by atoms with Crippen molar-refractivity contribution < 1.29 is 0 Å². The van der Waals surface area contributed by atoms with E-state index < -0.39 is 0 Å². The zero-order valence-corrected chi connectivity index (χ0v) is 8.93. The molecular weight excluding hydrogens is 204 g/mol. The standard InChI is InChI=1S/C7H8N4S2/c1-4-5(13-3-8-4)6-9-10-7(12)11(6)2/h3H,1-2H3,(H,10,12). The average molecular weight is 212 g/mol. The molecule has 0 unspecified atom stereocenters. The molecule has 0 spiro atoms. The highest BCUT2D eigenvalue weighted by Crippen LogP contribution is 2.25. The van der Waals surface area contributed by atoms with Gasteiger partial charge in [0.1, 0.15) is 0 Å². The van der Waals surface area contributed by atoms with Crippen molar-refractivity contribution in [2.45, 2.75) is 12.1 Å². The van der Waals surface area contributed by atoms with E-state index in [4.69, 9.17) is 0 Å². The average Bonchev–Trinajstić information content (AvgIpc) is 2.62. The van der Waals surface area contributed by atoms with Crippen LogP contribution in [0.4, 0.5) is 0 Å². The van der Waals surface area contributed by atoms with Gasteiger partial charge in [-0.15, -0.1) is 34.2 Å². The van der Waals surface area contributed by atoms with E-state index in [-0.39, 0.29) is 0 Å². The van der Waals surface area contributed by atoms with E-state index in [0.29, 0.717) is 5.16 Å². The third kappa shape index (κ3) is 1.36. The van der Waals surface area contributed by atoms with Gasteiger partial charge in [0.25, 0.3) is 0 Å². The maximum atomic E-state index is 4.16. The molecule has 0 saturated heterocycles. The lowest BCUT2D eigenvalue weighted by Gasteiger charge is -1.97. The van der Waals surface area contributed by atoms with Gasteiger partial charge in [0, 0.05) is 7.05 Å². The molecule has 2 aromatic rings. The Kier molecular flexibility index (Phi) is 2.09. The Hall–Kier alpha value is -0.880. The summed E-state index contributed by atoms with van der Waals surface area (Å²) >= 11 is 5.72. The number of aromatic nitrogens is 4. The van der Waals surface area contributed by atoms with Crippen molar-refractivity contribution in [3.8, 4) is 10.7 Å². The summed E-state index contributed by atoms with van der Waals surface area (Å²) in [5, 5.41) is 8.51. The lowest BCUT2D eigenvalue weighted by atomic mass is 10.4. The van der Waals surface area contributed by atoms with Gasteiger partial charge < -0.3 is 4.57 Å². The quantitative estimate of drug-likeness (QED) is 0.729. The topological polar surface area (TPSA) is 43.6 Å². The Morgan fingerprint density at radius 3 is 2.69 bits per heavy atom. The Bertz CT molecular complexity index is 431. The summed E-state index contributed by atoms with van der Waals surface area (Å²) in [4.78, 5) is 5.21. The van der Waals surface area contributed by atoms with Gasteiger partial charge in [-0.25, -0.2) is 4.98 Å². The lowest BCUT2D eigenvalue weighted by Crippen LogP contribution is -1.92. The molecule has 0 fully saturated rings. The van der Waals surface area contributed by atoms with Crippen molar-refractivity contribution in [3.05, 3.63) is 11.2 Å². The van der Waals surface area contributed by atoms with E-state index in [2.05, 4.69) is 27.8 Å². The molecule has 13 heavy (non-hydrogen) atoms. The predicted octanol–water partition coefficient (Wildman–Crippen LogP) is 1.54. The van der Waals surface area contributed by atoms with Crippen molar-refractivity contribution in [3.63, 3.8) is 0 Å². The number of nitrogens with zero attached hydrogens (tertiary/aromatic N) is 4. The molecule has 0 saturated carbocycles. The summed E-state index contributed by atoms with van der Waals surface area (Å²) < 4.78 is 1.84. The molecule has 4 nitrogen and oxygen atoms in total. The fourth-order valence-corrected chi connectivity index (χ4v) is 2.00. The first-order valence-electron chi connectivity index (χ1n) is 3.69. The molecule has 2 rings (SSSR count). The third-order valence-electron chi connectivity index (χ3n) is 1.80. The smallest absolute Gasteiger partial charge is 0.188 e. The van der Waals surface area contributed by atoms with Crippen LogP contribution in [0.15, 0.2) is 10.7 Å². The van der Waals surface area contributed by atoms with Crippen LogP contribution in [-0.4, -0.2) is 19.7 Å². The fraction of sp³-hybridized carbons (Fsp3) is 0.286. The highest BCUT2D eigenvalue weighted by atomic mass is 32.1. The molecule has 68 valence electrons. The maximum Gasteiger partial charge on any atom is 0.188 e. The number of thiol groups is 1. The molecule has 6 heteroatoms.